The lowest BCUT2D eigenvalue weighted by Gasteiger charge is -2.07. The second kappa shape index (κ2) is 26.2. The molecule has 0 aliphatic rings. The van der Waals surface area contributed by atoms with Gasteiger partial charge in [0.05, 0.1) is 0 Å². The molecule has 0 bridgehead atoms. The van der Waals surface area contributed by atoms with Gasteiger partial charge in [-0.1, -0.05) is 143 Å². The van der Waals surface area contributed by atoms with E-state index in [-0.39, 0.29) is 12.4 Å². The quantitative estimate of drug-likeness (QED) is 0.225. The largest absolute Gasteiger partial charge is 1.00 e. The van der Waals surface area contributed by atoms with E-state index in [0.717, 1.165) is 0 Å². The minimum atomic E-state index is 0. The molecule has 2 heteroatoms. The highest BCUT2D eigenvalue weighted by Gasteiger charge is 1.96. The Hall–Kier alpha value is 0.250. The Labute approximate surface area is 179 Å². The molecule has 0 radical (unpaired) electrons. The molecule has 27 heavy (non-hydrogen) atoms. The summed E-state index contributed by atoms with van der Waals surface area (Å²) in [4.78, 5) is 0. The Morgan fingerprint density at radius 2 is 0.704 bits per heavy atom. The third-order valence-electron chi connectivity index (χ3n) is 5.58. The van der Waals surface area contributed by atoms with E-state index in [9.17, 15) is 0 Å². The summed E-state index contributed by atoms with van der Waals surface area (Å²) in [5, 5.41) is 3.50. The zero-order valence-corrected chi connectivity index (χ0v) is 20.1. The number of rotatable bonds is 22. The molecule has 0 aromatic heterocycles. The van der Waals surface area contributed by atoms with Gasteiger partial charge < -0.3 is 17.7 Å². The predicted octanol–water partition coefficient (Wildman–Crippen LogP) is 5.81. The van der Waals surface area contributed by atoms with Crippen LogP contribution in [-0.2, 0) is 0 Å². The smallest absolute Gasteiger partial charge is 0.00103 e. The van der Waals surface area contributed by atoms with Gasteiger partial charge in [-0.05, 0) is 13.0 Å². The first kappa shape index (κ1) is 29.5. The Morgan fingerprint density at radius 3 is 0.963 bits per heavy atom. The second-order valence-electron chi connectivity index (χ2n) is 8.83. The molecular weight excluding hydrogens is 350 g/mol. The zero-order chi connectivity index (χ0) is 19.1. The lowest BCUT2D eigenvalue weighted by Crippen LogP contribution is -3.00. The van der Waals surface area contributed by atoms with Crippen molar-refractivity contribution in [3.63, 3.8) is 0 Å². The van der Waals surface area contributed by atoms with Crippen LogP contribution in [0.25, 0.3) is 0 Å². The maximum absolute atomic E-state index is 3.50. The standard InChI is InChI=1S/C25H53N.ClH/c1-4-5-6-7-8-9-10-11-12-13-14-15-16-17-18-19-20-21-22-23-24-26-25(2)3;/h25-26H,4-24H2,1-3H3;1H/p-1. The Balaban J connectivity index is 0. The minimum absolute atomic E-state index is 0. The number of hydrogen-bond acceptors (Lipinski definition) is 1. The summed E-state index contributed by atoms with van der Waals surface area (Å²) in [6.07, 6.45) is 29.2. The fraction of sp³-hybridized carbons (Fsp3) is 1.00. The van der Waals surface area contributed by atoms with E-state index in [0.29, 0.717) is 6.04 Å². The van der Waals surface area contributed by atoms with Crippen LogP contribution < -0.4 is 17.7 Å². The van der Waals surface area contributed by atoms with Crippen molar-refractivity contribution in [1.82, 2.24) is 5.32 Å². The highest BCUT2D eigenvalue weighted by atomic mass is 35.5. The van der Waals surface area contributed by atoms with Crippen LogP contribution in [0.4, 0.5) is 0 Å². The topological polar surface area (TPSA) is 12.0 Å². The van der Waals surface area contributed by atoms with Crippen LogP contribution in [0.5, 0.6) is 0 Å². The van der Waals surface area contributed by atoms with E-state index in [1.165, 1.54) is 135 Å². The molecular formula is C25H53ClN-. The van der Waals surface area contributed by atoms with E-state index in [1.54, 1.807) is 0 Å². The average molecular weight is 403 g/mol. The molecule has 0 aliphatic carbocycles. The Kier molecular flexibility index (Phi) is 28.6. The molecule has 0 aromatic carbocycles. The lowest BCUT2D eigenvalue weighted by molar-refractivity contribution is -0.00000609. The molecule has 0 spiro atoms. The fourth-order valence-corrected chi connectivity index (χ4v) is 3.77. The van der Waals surface area contributed by atoms with Gasteiger partial charge in [-0.3, -0.25) is 0 Å². The summed E-state index contributed by atoms with van der Waals surface area (Å²) in [6, 6.07) is 0.648. The van der Waals surface area contributed by atoms with Crippen LogP contribution in [0, 0.1) is 0 Å². The lowest BCUT2D eigenvalue weighted by atomic mass is 10.0. The van der Waals surface area contributed by atoms with Gasteiger partial charge in [-0.25, -0.2) is 0 Å². The summed E-state index contributed by atoms with van der Waals surface area (Å²) in [5.74, 6) is 0. The molecule has 0 heterocycles. The molecule has 0 aliphatic heterocycles. The summed E-state index contributed by atoms with van der Waals surface area (Å²) >= 11 is 0. The van der Waals surface area contributed by atoms with Gasteiger partial charge in [0.1, 0.15) is 0 Å². The van der Waals surface area contributed by atoms with Crippen LogP contribution >= 0.6 is 0 Å². The Morgan fingerprint density at radius 1 is 0.444 bits per heavy atom. The number of halogens is 1. The third-order valence-corrected chi connectivity index (χ3v) is 5.58. The van der Waals surface area contributed by atoms with Gasteiger partial charge in [0.2, 0.25) is 0 Å². The van der Waals surface area contributed by atoms with Crippen LogP contribution in [-0.4, -0.2) is 12.6 Å². The third kappa shape index (κ3) is 28.6. The predicted molar refractivity (Wildman–Crippen MR) is 121 cm³/mol. The maximum Gasteiger partial charge on any atom is 0.00103 e. The molecule has 0 saturated carbocycles. The van der Waals surface area contributed by atoms with E-state index in [4.69, 9.17) is 0 Å². The number of hydrogen-bond donors (Lipinski definition) is 1. The highest BCUT2D eigenvalue weighted by molar-refractivity contribution is 4.54. The van der Waals surface area contributed by atoms with Crippen molar-refractivity contribution in [2.75, 3.05) is 6.54 Å². The molecule has 0 saturated heterocycles. The number of unbranched alkanes of at least 4 members (excludes halogenated alkanes) is 19. The summed E-state index contributed by atoms with van der Waals surface area (Å²) in [7, 11) is 0. The molecule has 0 fully saturated rings. The molecule has 0 rings (SSSR count). The van der Waals surface area contributed by atoms with Gasteiger partial charge in [0, 0.05) is 6.04 Å². The summed E-state index contributed by atoms with van der Waals surface area (Å²) < 4.78 is 0. The fourth-order valence-electron chi connectivity index (χ4n) is 3.77. The molecule has 1 N–H and O–H groups in total. The monoisotopic (exact) mass is 402 g/mol. The SMILES string of the molecule is CCCCCCCCCCCCCCCCCCCCCCNC(C)C.[Cl-]. The van der Waals surface area contributed by atoms with Crippen molar-refractivity contribution < 1.29 is 12.4 Å². The van der Waals surface area contributed by atoms with Crippen molar-refractivity contribution in [3.8, 4) is 0 Å². The van der Waals surface area contributed by atoms with Crippen LogP contribution in [0.3, 0.4) is 0 Å². The maximum atomic E-state index is 3.50. The number of nitrogens with one attached hydrogen (secondary N) is 1. The van der Waals surface area contributed by atoms with E-state index >= 15 is 0 Å². The van der Waals surface area contributed by atoms with Crippen molar-refractivity contribution in [3.05, 3.63) is 0 Å². The van der Waals surface area contributed by atoms with Crippen LogP contribution in [0.15, 0.2) is 0 Å². The van der Waals surface area contributed by atoms with Crippen molar-refractivity contribution >= 4 is 0 Å². The van der Waals surface area contributed by atoms with Gasteiger partial charge >= 0.3 is 0 Å². The van der Waals surface area contributed by atoms with Gasteiger partial charge in [-0.2, -0.15) is 0 Å². The highest BCUT2D eigenvalue weighted by Crippen LogP contribution is 2.14. The van der Waals surface area contributed by atoms with Gasteiger partial charge in [0.15, 0.2) is 0 Å². The molecule has 0 amide bonds. The molecule has 0 atom stereocenters. The van der Waals surface area contributed by atoms with Crippen molar-refractivity contribution in [2.24, 2.45) is 0 Å². The minimum Gasteiger partial charge on any atom is -1.00 e. The first-order chi connectivity index (χ1) is 12.8. The first-order valence-corrected chi connectivity index (χ1v) is 12.5. The molecule has 0 unspecified atom stereocenters. The Bertz CT molecular complexity index is 242. The normalized spacial score (nSPS) is 11.1. The van der Waals surface area contributed by atoms with Crippen LogP contribution in [0.1, 0.15) is 149 Å². The molecule has 166 valence electrons. The van der Waals surface area contributed by atoms with Crippen molar-refractivity contribution in [1.29, 1.82) is 0 Å². The summed E-state index contributed by atoms with van der Waals surface area (Å²) in [5.41, 5.74) is 0. The average Bonchev–Trinajstić information content (AvgIpc) is 2.62. The molecule has 0 aromatic rings. The van der Waals surface area contributed by atoms with E-state index in [2.05, 4.69) is 26.1 Å². The van der Waals surface area contributed by atoms with E-state index in [1.807, 2.05) is 0 Å². The summed E-state index contributed by atoms with van der Waals surface area (Å²) in [6.45, 7) is 7.97. The first-order valence-electron chi connectivity index (χ1n) is 12.5. The zero-order valence-electron chi connectivity index (χ0n) is 19.3. The van der Waals surface area contributed by atoms with Crippen LogP contribution in [0.2, 0.25) is 0 Å². The van der Waals surface area contributed by atoms with Crippen molar-refractivity contribution in [2.45, 2.75) is 155 Å². The van der Waals surface area contributed by atoms with Gasteiger partial charge in [-0.15, -0.1) is 0 Å². The van der Waals surface area contributed by atoms with E-state index < -0.39 is 0 Å². The van der Waals surface area contributed by atoms with Gasteiger partial charge in [0.25, 0.3) is 0 Å². The second-order valence-corrected chi connectivity index (χ2v) is 8.83. The molecule has 1 nitrogen and oxygen atoms in total.